The molecule has 0 unspecified atom stereocenters. The summed E-state index contributed by atoms with van der Waals surface area (Å²) in [5, 5.41) is 6.38. The van der Waals surface area contributed by atoms with Gasteiger partial charge in [-0.05, 0) is 46.3 Å². The minimum atomic E-state index is 0.684. The first-order valence-corrected chi connectivity index (χ1v) is 8.73. The molecule has 2 aromatic heterocycles. The Morgan fingerprint density at radius 3 is 2.81 bits per heavy atom. The van der Waals surface area contributed by atoms with Gasteiger partial charge in [0.2, 0.25) is 0 Å². The van der Waals surface area contributed by atoms with Crippen molar-refractivity contribution in [2.24, 2.45) is 0 Å². The largest absolute Gasteiger partial charge is 0.378 e. The zero-order valence-electron chi connectivity index (χ0n) is 10.9. The summed E-state index contributed by atoms with van der Waals surface area (Å²) in [5.41, 5.74) is 2.97. The van der Waals surface area contributed by atoms with E-state index in [2.05, 4.69) is 52.5 Å². The Kier molecular flexibility index (Phi) is 4.67. The molecule has 0 amide bonds. The van der Waals surface area contributed by atoms with Crippen LogP contribution in [0.4, 0.5) is 5.69 Å². The van der Waals surface area contributed by atoms with Crippen LogP contribution in [0.5, 0.6) is 0 Å². The van der Waals surface area contributed by atoms with Gasteiger partial charge in [-0.2, -0.15) is 0 Å². The minimum absolute atomic E-state index is 0.684. The zero-order chi connectivity index (χ0) is 14.7. The predicted octanol–water partition coefficient (Wildman–Crippen LogP) is 5.34. The second-order valence-electron chi connectivity index (χ2n) is 4.34. The van der Waals surface area contributed by atoms with Crippen LogP contribution in [-0.4, -0.2) is 9.97 Å². The maximum atomic E-state index is 4.61. The van der Waals surface area contributed by atoms with E-state index >= 15 is 0 Å². The maximum Gasteiger partial charge on any atom is 0.142 e. The number of thiazole rings is 1. The lowest BCUT2D eigenvalue weighted by atomic mass is 10.3. The highest BCUT2D eigenvalue weighted by molar-refractivity contribution is 9.11. The minimum Gasteiger partial charge on any atom is -0.378 e. The Labute approximate surface area is 143 Å². The van der Waals surface area contributed by atoms with Crippen molar-refractivity contribution in [2.75, 3.05) is 5.32 Å². The summed E-state index contributed by atoms with van der Waals surface area (Å²) >= 11 is 8.60. The zero-order valence-corrected chi connectivity index (χ0v) is 14.9. The average molecular weight is 425 g/mol. The number of hydrogen-bond acceptors (Lipinski definition) is 4. The Hall–Kier alpha value is -1.24. The van der Waals surface area contributed by atoms with Gasteiger partial charge in [0.25, 0.3) is 0 Å². The van der Waals surface area contributed by atoms with Crippen molar-refractivity contribution in [1.29, 1.82) is 0 Å². The van der Waals surface area contributed by atoms with Crippen LogP contribution in [-0.2, 0) is 6.54 Å². The number of rotatable bonds is 4. The molecule has 1 N–H and O–H groups in total. The van der Waals surface area contributed by atoms with Gasteiger partial charge in [-0.15, -0.1) is 11.3 Å². The Bertz CT molecular complexity index is 744. The van der Waals surface area contributed by atoms with Crippen LogP contribution < -0.4 is 5.32 Å². The van der Waals surface area contributed by atoms with Crippen LogP contribution in [0.3, 0.4) is 0 Å². The molecule has 0 atom stereocenters. The summed E-state index contributed by atoms with van der Waals surface area (Å²) in [6, 6.07) is 11.9. The van der Waals surface area contributed by atoms with Crippen molar-refractivity contribution < 1.29 is 0 Å². The highest BCUT2D eigenvalue weighted by Gasteiger charge is 2.06. The lowest BCUT2D eigenvalue weighted by Crippen LogP contribution is -2.00. The molecule has 0 radical (unpaired) electrons. The van der Waals surface area contributed by atoms with Gasteiger partial charge in [-0.3, -0.25) is 4.98 Å². The molecule has 0 saturated carbocycles. The molecule has 0 aliphatic carbocycles. The van der Waals surface area contributed by atoms with Crippen molar-refractivity contribution in [3.8, 4) is 10.7 Å². The Morgan fingerprint density at radius 1 is 1.14 bits per heavy atom. The van der Waals surface area contributed by atoms with E-state index in [1.807, 2.05) is 36.4 Å². The average Bonchev–Trinajstić information content (AvgIpc) is 2.96. The molecular formula is C15H11Br2N3S. The molecule has 106 valence electrons. The van der Waals surface area contributed by atoms with Crippen LogP contribution in [0.1, 0.15) is 5.69 Å². The maximum absolute atomic E-state index is 4.61. The lowest BCUT2D eigenvalue weighted by Gasteiger charge is -2.07. The summed E-state index contributed by atoms with van der Waals surface area (Å²) < 4.78 is 2.07. The monoisotopic (exact) mass is 423 g/mol. The summed E-state index contributed by atoms with van der Waals surface area (Å²) in [5.74, 6) is 0. The fraction of sp³-hybridized carbons (Fsp3) is 0.0667. The molecule has 0 bridgehead atoms. The first-order valence-electron chi connectivity index (χ1n) is 6.27. The highest BCUT2D eigenvalue weighted by Crippen LogP contribution is 2.27. The number of benzene rings is 1. The molecule has 3 nitrogen and oxygen atoms in total. The standard InChI is InChI=1S/C15H11Br2N3S/c16-10-4-5-13(12(17)7-10)19-8-11-9-21-15(20-11)14-3-1-2-6-18-14/h1-7,9,19H,8H2. The summed E-state index contributed by atoms with van der Waals surface area (Å²) in [7, 11) is 0. The number of halogens is 2. The number of anilines is 1. The number of nitrogens with zero attached hydrogens (tertiary/aromatic N) is 2. The number of pyridine rings is 1. The van der Waals surface area contributed by atoms with Gasteiger partial charge in [0.05, 0.1) is 17.9 Å². The van der Waals surface area contributed by atoms with Crippen LogP contribution in [0.15, 0.2) is 56.9 Å². The second-order valence-corrected chi connectivity index (χ2v) is 6.96. The number of nitrogens with one attached hydrogen (secondary N) is 1. The Morgan fingerprint density at radius 2 is 2.05 bits per heavy atom. The van der Waals surface area contributed by atoms with Crippen molar-refractivity contribution in [3.05, 3.63) is 62.6 Å². The smallest absolute Gasteiger partial charge is 0.142 e. The second kappa shape index (κ2) is 6.68. The molecule has 0 aliphatic heterocycles. The number of aromatic nitrogens is 2. The topological polar surface area (TPSA) is 37.8 Å². The molecular weight excluding hydrogens is 414 g/mol. The molecule has 1 aromatic carbocycles. The van der Waals surface area contributed by atoms with Crippen LogP contribution in [0.25, 0.3) is 10.7 Å². The fourth-order valence-corrected chi connectivity index (χ4v) is 3.80. The van der Waals surface area contributed by atoms with Gasteiger partial charge in [-0.25, -0.2) is 4.98 Å². The quantitative estimate of drug-likeness (QED) is 0.613. The van der Waals surface area contributed by atoms with Crippen molar-refractivity contribution in [1.82, 2.24) is 9.97 Å². The van der Waals surface area contributed by atoms with E-state index in [4.69, 9.17) is 0 Å². The van der Waals surface area contributed by atoms with Gasteiger partial charge in [-0.1, -0.05) is 22.0 Å². The van der Waals surface area contributed by atoms with Gasteiger partial charge >= 0.3 is 0 Å². The molecule has 0 aliphatic rings. The number of hydrogen-bond donors (Lipinski definition) is 1. The lowest BCUT2D eigenvalue weighted by molar-refractivity contribution is 1.07. The Balaban J connectivity index is 1.70. The van der Waals surface area contributed by atoms with E-state index in [9.17, 15) is 0 Å². The molecule has 3 rings (SSSR count). The van der Waals surface area contributed by atoms with Gasteiger partial charge in [0.1, 0.15) is 5.01 Å². The summed E-state index contributed by atoms with van der Waals surface area (Å²) in [4.78, 5) is 8.93. The molecule has 0 saturated heterocycles. The SMILES string of the molecule is Brc1ccc(NCc2csc(-c3ccccn3)n2)c(Br)c1. The third kappa shape index (κ3) is 3.70. The molecule has 6 heteroatoms. The molecule has 0 spiro atoms. The fourth-order valence-electron chi connectivity index (χ4n) is 1.81. The third-order valence-corrected chi connectivity index (χ3v) is 4.89. The van der Waals surface area contributed by atoms with Gasteiger partial charge in [0.15, 0.2) is 0 Å². The molecule has 3 aromatic rings. The highest BCUT2D eigenvalue weighted by atomic mass is 79.9. The van der Waals surface area contributed by atoms with Crippen LogP contribution in [0, 0.1) is 0 Å². The van der Waals surface area contributed by atoms with E-state index in [1.165, 1.54) is 0 Å². The van der Waals surface area contributed by atoms with Crippen LogP contribution >= 0.6 is 43.2 Å². The van der Waals surface area contributed by atoms with Crippen molar-refractivity contribution in [3.63, 3.8) is 0 Å². The third-order valence-electron chi connectivity index (χ3n) is 2.83. The van der Waals surface area contributed by atoms with Crippen LogP contribution in [0.2, 0.25) is 0 Å². The molecule has 2 heterocycles. The predicted molar refractivity (Wildman–Crippen MR) is 94.5 cm³/mol. The molecule has 21 heavy (non-hydrogen) atoms. The van der Waals surface area contributed by atoms with E-state index in [1.54, 1.807) is 17.5 Å². The van der Waals surface area contributed by atoms with Gasteiger partial charge < -0.3 is 5.32 Å². The van der Waals surface area contributed by atoms with Crippen molar-refractivity contribution in [2.45, 2.75) is 6.54 Å². The van der Waals surface area contributed by atoms with Crippen molar-refractivity contribution >= 4 is 48.9 Å². The van der Waals surface area contributed by atoms with E-state index in [0.717, 1.165) is 31.0 Å². The first-order chi connectivity index (χ1) is 10.2. The first kappa shape index (κ1) is 14.7. The van der Waals surface area contributed by atoms with E-state index in [0.29, 0.717) is 6.54 Å². The summed E-state index contributed by atoms with van der Waals surface area (Å²) in [6.45, 7) is 0.684. The molecule has 0 fully saturated rings. The summed E-state index contributed by atoms with van der Waals surface area (Å²) in [6.07, 6.45) is 1.79. The van der Waals surface area contributed by atoms with E-state index in [-0.39, 0.29) is 0 Å². The van der Waals surface area contributed by atoms with E-state index < -0.39 is 0 Å². The normalized spacial score (nSPS) is 10.6. The van der Waals surface area contributed by atoms with Gasteiger partial charge in [0, 0.05) is 26.2 Å².